The summed E-state index contributed by atoms with van der Waals surface area (Å²) in [5.41, 5.74) is 2.36. The normalized spacial score (nSPS) is 11.2. The van der Waals surface area contributed by atoms with Crippen molar-refractivity contribution < 1.29 is 0 Å². The van der Waals surface area contributed by atoms with Crippen molar-refractivity contribution >= 4 is 41.3 Å². The first kappa shape index (κ1) is 19.9. The molecule has 0 aliphatic carbocycles. The van der Waals surface area contributed by atoms with Crippen LogP contribution in [0, 0.1) is 6.92 Å². The number of halogens is 1. The number of nitrogens with zero attached hydrogens (tertiary/aromatic N) is 5. The zero-order valence-corrected chi connectivity index (χ0v) is 17.3. The van der Waals surface area contributed by atoms with Crippen LogP contribution >= 0.6 is 35.3 Å². The Morgan fingerprint density at radius 3 is 2.83 bits per heavy atom. The highest BCUT2D eigenvalue weighted by atomic mass is 127. The Hall–Kier alpha value is -1.16. The van der Waals surface area contributed by atoms with E-state index in [-0.39, 0.29) is 24.0 Å². The van der Waals surface area contributed by atoms with Crippen LogP contribution in [0.1, 0.15) is 22.7 Å². The lowest BCUT2D eigenvalue weighted by atomic mass is 10.2. The van der Waals surface area contributed by atoms with E-state index in [1.54, 1.807) is 11.3 Å². The van der Waals surface area contributed by atoms with Crippen LogP contribution in [0.25, 0.3) is 0 Å². The van der Waals surface area contributed by atoms with Crippen molar-refractivity contribution in [1.82, 2.24) is 25.0 Å². The summed E-state index contributed by atoms with van der Waals surface area (Å²) >= 11 is 1.68. The molecule has 2 heterocycles. The number of guanidine groups is 1. The lowest BCUT2D eigenvalue weighted by Crippen LogP contribution is -2.39. The lowest BCUT2D eigenvalue weighted by Gasteiger charge is -2.21. The third-order valence-corrected chi connectivity index (χ3v) is 4.15. The summed E-state index contributed by atoms with van der Waals surface area (Å²) in [5.74, 6) is 0.900. The molecular weight excluding hydrogens is 423 g/mol. The number of nitrogens with one attached hydrogen (secondary N) is 1. The van der Waals surface area contributed by atoms with Gasteiger partial charge in [-0.3, -0.25) is 9.67 Å². The first-order valence-electron chi connectivity index (χ1n) is 7.39. The molecule has 2 aromatic heterocycles. The molecule has 1 N–H and O–H groups in total. The first-order chi connectivity index (χ1) is 10.6. The van der Waals surface area contributed by atoms with Gasteiger partial charge in [0.2, 0.25) is 0 Å². The fraction of sp³-hybridized carbons (Fsp3) is 0.533. The van der Waals surface area contributed by atoms with Crippen molar-refractivity contribution in [2.75, 3.05) is 20.6 Å². The summed E-state index contributed by atoms with van der Waals surface area (Å²) < 4.78 is 1.84. The second-order valence-electron chi connectivity index (χ2n) is 5.31. The van der Waals surface area contributed by atoms with Gasteiger partial charge >= 0.3 is 0 Å². The molecule has 0 atom stereocenters. The second kappa shape index (κ2) is 9.86. The van der Waals surface area contributed by atoms with E-state index in [0.717, 1.165) is 42.6 Å². The van der Waals surface area contributed by atoms with Gasteiger partial charge in [0.25, 0.3) is 0 Å². The monoisotopic (exact) mass is 448 g/mol. The number of aromatic nitrogens is 3. The molecule has 0 bridgehead atoms. The fourth-order valence-corrected chi connectivity index (χ4v) is 2.88. The first-order valence-corrected chi connectivity index (χ1v) is 8.26. The molecule has 128 valence electrons. The summed E-state index contributed by atoms with van der Waals surface area (Å²) in [6.45, 7) is 3.69. The number of hydrogen-bond acceptors (Lipinski definition) is 4. The molecule has 0 spiro atoms. The molecule has 0 aromatic carbocycles. The number of rotatable bonds is 6. The molecule has 0 saturated heterocycles. The summed E-state index contributed by atoms with van der Waals surface area (Å²) in [6.07, 6.45) is 6.05. The van der Waals surface area contributed by atoms with Crippen LogP contribution in [-0.2, 0) is 20.0 Å². The molecule has 0 unspecified atom stereocenters. The molecular formula is C15H25IN6S. The van der Waals surface area contributed by atoms with Gasteiger partial charge < -0.3 is 10.2 Å². The summed E-state index contributed by atoms with van der Waals surface area (Å²) in [5, 5.41) is 10.8. The largest absolute Gasteiger partial charge is 0.356 e. The zero-order valence-electron chi connectivity index (χ0n) is 14.1. The molecule has 0 amide bonds. The smallest absolute Gasteiger partial charge is 0.193 e. The van der Waals surface area contributed by atoms with E-state index < -0.39 is 0 Å². The molecule has 0 aliphatic rings. The quantitative estimate of drug-likeness (QED) is 0.319. The average molecular weight is 448 g/mol. The van der Waals surface area contributed by atoms with Crippen LogP contribution < -0.4 is 5.32 Å². The van der Waals surface area contributed by atoms with E-state index >= 15 is 0 Å². The highest BCUT2D eigenvalue weighted by Crippen LogP contribution is 2.09. The molecule has 2 rings (SSSR count). The third-order valence-electron chi connectivity index (χ3n) is 3.32. The van der Waals surface area contributed by atoms with Crippen molar-refractivity contribution in [2.45, 2.75) is 26.3 Å². The van der Waals surface area contributed by atoms with Crippen molar-refractivity contribution in [3.05, 3.63) is 34.0 Å². The molecule has 0 saturated carbocycles. The van der Waals surface area contributed by atoms with E-state index in [1.165, 1.54) is 5.56 Å². The van der Waals surface area contributed by atoms with Gasteiger partial charge in [0.15, 0.2) is 5.96 Å². The van der Waals surface area contributed by atoms with Gasteiger partial charge in [-0.1, -0.05) is 0 Å². The predicted molar refractivity (Wildman–Crippen MR) is 107 cm³/mol. The van der Waals surface area contributed by atoms with Gasteiger partial charge in [-0.25, -0.2) is 4.98 Å². The maximum Gasteiger partial charge on any atom is 0.193 e. The minimum Gasteiger partial charge on any atom is -0.356 e. The lowest BCUT2D eigenvalue weighted by molar-refractivity contribution is 0.470. The van der Waals surface area contributed by atoms with E-state index in [2.05, 4.69) is 36.9 Å². The number of aryl methyl sites for hydroxylation is 3. The Balaban J connectivity index is 0.00000264. The highest BCUT2D eigenvalue weighted by molar-refractivity contribution is 14.0. The van der Waals surface area contributed by atoms with Crippen LogP contribution in [-0.4, -0.2) is 46.3 Å². The number of aliphatic imine (C=N–C) groups is 1. The number of hydrogen-bond donors (Lipinski definition) is 1. The van der Waals surface area contributed by atoms with Crippen LogP contribution in [0.4, 0.5) is 0 Å². The predicted octanol–water partition coefficient (Wildman–Crippen LogP) is 2.44. The Morgan fingerprint density at radius 2 is 2.26 bits per heavy atom. The number of thiazole rings is 1. The highest BCUT2D eigenvalue weighted by Gasteiger charge is 2.08. The van der Waals surface area contributed by atoms with Crippen molar-refractivity contribution in [3.63, 3.8) is 0 Å². The molecule has 0 radical (unpaired) electrons. The molecule has 23 heavy (non-hydrogen) atoms. The maximum atomic E-state index is 4.49. The van der Waals surface area contributed by atoms with Gasteiger partial charge in [-0.15, -0.1) is 35.3 Å². The SMILES string of the molecule is CN=C(NCCCc1cnn(C)c1)N(C)Cc1csc(C)n1.I. The second-order valence-corrected chi connectivity index (χ2v) is 6.38. The topological polar surface area (TPSA) is 58.3 Å². The van der Waals surface area contributed by atoms with Crippen molar-refractivity contribution in [1.29, 1.82) is 0 Å². The Morgan fingerprint density at radius 1 is 1.48 bits per heavy atom. The van der Waals surface area contributed by atoms with Crippen LogP contribution in [0.15, 0.2) is 22.8 Å². The van der Waals surface area contributed by atoms with Gasteiger partial charge in [-0.2, -0.15) is 5.10 Å². The van der Waals surface area contributed by atoms with E-state index in [1.807, 2.05) is 38.9 Å². The Bertz CT molecular complexity index is 621. The minimum absolute atomic E-state index is 0. The van der Waals surface area contributed by atoms with E-state index in [4.69, 9.17) is 0 Å². The van der Waals surface area contributed by atoms with Gasteiger partial charge in [-0.05, 0) is 25.3 Å². The van der Waals surface area contributed by atoms with Crippen LogP contribution in [0.5, 0.6) is 0 Å². The molecule has 0 fully saturated rings. The minimum atomic E-state index is 0. The third kappa shape index (κ3) is 6.46. The molecule has 6 nitrogen and oxygen atoms in total. The van der Waals surface area contributed by atoms with Crippen molar-refractivity contribution in [2.24, 2.45) is 12.0 Å². The Labute approximate surface area is 159 Å². The standard InChI is InChI=1S/C15H24N6S.HI/c1-12-19-14(11-22-12)10-20(3)15(16-2)17-7-5-6-13-8-18-21(4)9-13;/h8-9,11H,5-7,10H2,1-4H3,(H,16,17);1H. The van der Waals surface area contributed by atoms with Crippen molar-refractivity contribution in [3.8, 4) is 0 Å². The van der Waals surface area contributed by atoms with Crippen LogP contribution in [0.2, 0.25) is 0 Å². The average Bonchev–Trinajstić information content (AvgIpc) is 3.07. The van der Waals surface area contributed by atoms with E-state index in [9.17, 15) is 0 Å². The van der Waals surface area contributed by atoms with Gasteiger partial charge in [0.1, 0.15) is 0 Å². The van der Waals surface area contributed by atoms with Crippen LogP contribution in [0.3, 0.4) is 0 Å². The summed E-state index contributed by atoms with van der Waals surface area (Å²) in [4.78, 5) is 10.9. The van der Waals surface area contributed by atoms with Gasteiger partial charge in [0.05, 0.1) is 23.4 Å². The Kier molecular flexibility index (Phi) is 8.53. The molecule has 2 aromatic rings. The maximum absolute atomic E-state index is 4.49. The molecule has 8 heteroatoms. The summed E-state index contributed by atoms with van der Waals surface area (Å²) in [7, 11) is 5.79. The van der Waals surface area contributed by atoms with E-state index in [0.29, 0.717) is 0 Å². The fourth-order valence-electron chi connectivity index (χ4n) is 2.28. The van der Waals surface area contributed by atoms with Gasteiger partial charge in [0, 0.05) is 39.3 Å². The zero-order chi connectivity index (χ0) is 15.9. The molecule has 0 aliphatic heterocycles. The summed E-state index contributed by atoms with van der Waals surface area (Å²) in [6, 6.07) is 0.